The van der Waals surface area contributed by atoms with E-state index in [1.165, 1.54) is 19.3 Å². The van der Waals surface area contributed by atoms with E-state index in [1.54, 1.807) is 18.9 Å². The summed E-state index contributed by atoms with van der Waals surface area (Å²) in [6.07, 6.45) is 4.74. The minimum absolute atomic E-state index is 0.648. The number of thioether (sulfide) groups is 1. The van der Waals surface area contributed by atoms with Crippen LogP contribution < -0.4 is 10.2 Å². The van der Waals surface area contributed by atoms with E-state index >= 15 is 0 Å². The topological polar surface area (TPSA) is 63.2 Å². The van der Waals surface area contributed by atoms with Gasteiger partial charge in [0, 0.05) is 39.6 Å². The van der Waals surface area contributed by atoms with Gasteiger partial charge in [0.05, 0.1) is 0 Å². The zero-order valence-corrected chi connectivity index (χ0v) is 13.1. The molecule has 1 aromatic heterocycles. The van der Waals surface area contributed by atoms with Gasteiger partial charge in [-0.25, -0.2) is 0 Å². The maximum Gasteiger partial charge on any atom is 0.231 e. The molecule has 2 rings (SSSR count). The van der Waals surface area contributed by atoms with Crippen LogP contribution in [0.5, 0.6) is 0 Å². The van der Waals surface area contributed by atoms with Crippen LogP contribution in [0.15, 0.2) is 5.16 Å². The van der Waals surface area contributed by atoms with Crippen LogP contribution in [0.3, 0.4) is 0 Å². The molecular weight excluding hydrogens is 274 g/mol. The first-order valence-electron chi connectivity index (χ1n) is 7.14. The molecule has 0 radical (unpaired) electrons. The van der Waals surface area contributed by atoms with Crippen molar-refractivity contribution in [3.8, 4) is 0 Å². The number of nitrogens with one attached hydrogen (secondary N) is 1. The highest BCUT2D eigenvalue weighted by Gasteiger charge is 2.16. The number of rotatable bonds is 7. The molecule has 1 aliphatic heterocycles. The summed E-state index contributed by atoms with van der Waals surface area (Å²) in [5.41, 5.74) is 0. The van der Waals surface area contributed by atoms with Crippen molar-refractivity contribution in [2.75, 3.05) is 49.8 Å². The number of ether oxygens (including phenoxy) is 1. The van der Waals surface area contributed by atoms with E-state index in [9.17, 15) is 0 Å². The molecule has 0 unspecified atom stereocenters. The Kier molecular flexibility index (Phi) is 6.32. The molecule has 0 aliphatic carbocycles. The van der Waals surface area contributed by atoms with Crippen molar-refractivity contribution >= 4 is 23.7 Å². The molecule has 2 heterocycles. The van der Waals surface area contributed by atoms with Gasteiger partial charge in [0.15, 0.2) is 5.16 Å². The van der Waals surface area contributed by atoms with Crippen molar-refractivity contribution in [3.05, 3.63) is 0 Å². The molecule has 0 spiro atoms. The summed E-state index contributed by atoms with van der Waals surface area (Å²) < 4.78 is 5.06. The smallest absolute Gasteiger partial charge is 0.231 e. The molecule has 6 nitrogen and oxygen atoms in total. The Hall–Kier alpha value is -1.08. The van der Waals surface area contributed by atoms with Crippen LogP contribution in [0.2, 0.25) is 0 Å². The lowest BCUT2D eigenvalue weighted by Crippen LogP contribution is -2.31. The largest absolute Gasteiger partial charge is 0.385 e. The van der Waals surface area contributed by atoms with Gasteiger partial charge in [0.2, 0.25) is 11.9 Å². The quantitative estimate of drug-likeness (QED) is 0.610. The maximum absolute atomic E-state index is 5.06. The third kappa shape index (κ3) is 4.49. The summed E-state index contributed by atoms with van der Waals surface area (Å²) in [5.74, 6) is 2.41. The van der Waals surface area contributed by atoms with E-state index in [-0.39, 0.29) is 0 Å². The molecule has 1 aromatic rings. The van der Waals surface area contributed by atoms with Gasteiger partial charge in [0.25, 0.3) is 0 Å². The Morgan fingerprint density at radius 3 is 2.70 bits per heavy atom. The highest BCUT2D eigenvalue weighted by molar-refractivity contribution is 7.99. The van der Waals surface area contributed by atoms with E-state index in [0.29, 0.717) is 5.95 Å². The van der Waals surface area contributed by atoms with E-state index in [0.717, 1.165) is 43.0 Å². The highest BCUT2D eigenvalue weighted by Crippen LogP contribution is 2.21. The van der Waals surface area contributed by atoms with Crippen LogP contribution in [0.4, 0.5) is 11.9 Å². The number of nitrogens with zero attached hydrogens (tertiary/aromatic N) is 4. The number of aromatic nitrogens is 3. The lowest BCUT2D eigenvalue weighted by molar-refractivity contribution is 0.200. The Morgan fingerprint density at radius 1 is 1.20 bits per heavy atom. The zero-order chi connectivity index (χ0) is 14.2. The van der Waals surface area contributed by atoms with Crippen molar-refractivity contribution in [1.29, 1.82) is 0 Å². The first-order valence-corrected chi connectivity index (χ1v) is 8.12. The van der Waals surface area contributed by atoms with Gasteiger partial charge in [-0.2, -0.15) is 15.0 Å². The van der Waals surface area contributed by atoms with Crippen molar-refractivity contribution in [3.63, 3.8) is 0 Å². The van der Waals surface area contributed by atoms with Gasteiger partial charge in [-0.3, -0.25) is 0 Å². The van der Waals surface area contributed by atoms with Gasteiger partial charge < -0.3 is 15.0 Å². The van der Waals surface area contributed by atoms with Crippen LogP contribution in [0, 0.1) is 0 Å². The fourth-order valence-corrected chi connectivity index (χ4v) is 2.87. The van der Waals surface area contributed by atoms with Crippen LogP contribution in [-0.4, -0.2) is 54.6 Å². The Balaban J connectivity index is 2.03. The normalized spacial score (nSPS) is 15.4. The third-order valence-electron chi connectivity index (χ3n) is 3.19. The second kappa shape index (κ2) is 8.26. The molecule has 7 heteroatoms. The number of hydrogen-bond acceptors (Lipinski definition) is 7. The summed E-state index contributed by atoms with van der Waals surface area (Å²) in [7, 11) is 3.57. The summed E-state index contributed by atoms with van der Waals surface area (Å²) in [4.78, 5) is 15.7. The van der Waals surface area contributed by atoms with E-state index in [4.69, 9.17) is 4.74 Å². The summed E-state index contributed by atoms with van der Waals surface area (Å²) in [5, 5.41) is 3.81. The van der Waals surface area contributed by atoms with Gasteiger partial charge in [-0.05, 0) is 25.7 Å². The molecule has 112 valence electrons. The van der Waals surface area contributed by atoms with Crippen LogP contribution in [0.1, 0.15) is 25.7 Å². The average molecular weight is 297 g/mol. The molecular formula is C13H23N5OS. The van der Waals surface area contributed by atoms with Gasteiger partial charge >= 0.3 is 0 Å². The molecule has 1 aliphatic rings. The summed E-state index contributed by atoms with van der Waals surface area (Å²) in [6, 6.07) is 0. The number of piperidine rings is 1. The van der Waals surface area contributed by atoms with Crippen LogP contribution in [-0.2, 0) is 4.74 Å². The molecule has 1 N–H and O–H groups in total. The summed E-state index contributed by atoms with van der Waals surface area (Å²) >= 11 is 1.66. The predicted octanol–water partition coefficient (Wildman–Crippen LogP) is 2.03. The summed E-state index contributed by atoms with van der Waals surface area (Å²) in [6.45, 7) is 2.86. The highest BCUT2D eigenvalue weighted by atomic mass is 32.2. The number of methoxy groups -OCH3 is 1. The van der Waals surface area contributed by atoms with Crippen LogP contribution in [0.25, 0.3) is 0 Å². The Bertz CT molecular complexity index is 412. The van der Waals surface area contributed by atoms with Gasteiger partial charge in [-0.1, -0.05) is 11.8 Å². The van der Waals surface area contributed by atoms with Gasteiger partial charge in [0.1, 0.15) is 0 Å². The van der Waals surface area contributed by atoms with E-state index in [2.05, 4.69) is 25.2 Å². The molecule has 0 saturated carbocycles. The fourth-order valence-electron chi connectivity index (χ4n) is 2.12. The minimum Gasteiger partial charge on any atom is -0.385 e. The van der Waals surface area contributed by atoms with E-state index < -0.39 is 0 Å². The van der Waals surface area contributed by atoms with E-state index in [1.807, 2.05) is 7.05 Å². The lowest BCUT2D eigenvalue weighted by atomic mass is 10.1. The zero-order valence-electron chi connectivity index (χ0n) is 12.3. The molecule has 1 saturated heterocycles. The standard InChI is InChI=1S/C13H23N5OS/c1-14-11-15-12(18-7-4-3-5-8-18)17-13(16-11)20-10-6-9-19-2/h3-10H2,1-2H3,(H,14,15,16,17). The fraction of sp³-hybridized carbons (Fsp3) is 0.769. The maximum atomic E-state index is 5.06. The second-order valence-electron chi connectivity index (χ2n) is 4.73. The van der Waals surface area contributed by atoms with Crippen LogP contribution >= 0.6 is 11.8 Å². The van der Waals surface area contributed by atoms with Crippen molar-refractivity contribution in [2.24, 2.45) is 0 Å². The van der Waals surface area contributed by atoms with Crippen molar-refractivity contribution in [2.45, 2.75) is 30.8 Å². The molecule has 0 atom stereocenters. The molecule has 1 fully saturated rings. The van der Waals surface area contributed by atoms with Crippen molar-refractivity contribution < 1.29 is 4.74 Å². The SMILES string of the molecule is CNc1nc(SCCCOC)nc(N2CCCCC2)n1. The average Bonchev–Trinajstić information content (AvgIpc) is 2.52. The second-order valence-corrected chi connectivity index (χ2v) is 5.80. The molecule has 0 bridgehead atoms. The molecule has 0 aromatic carbocycles. The Labute approximate surface area is 124 Å². The number of hydrogen-bond donors (Lipinski definition) is 1. The molecule has 20 heavy (non-hydrogen) atoms. The molecule has 0 amide bonds. The first-order chi connectivity index (χ1) is 9.83. The predicted molar refractivity (Wildman–Crippen MR) is 82.7 cm³/mol. The Morgan fingerprint density at radius 2 is 2.00 bits per heavy atom. The first kappa shape index (κ1) is 15.3. The minimum atomic E-state index is 0.648. The van der Waals surface area contributed by atoms with Crippen molar-refractivity contribution in [1.82, 2.24) is 15.0 Å². The van der Waals surface area contributed by atoms with Gasteiger partial charge in [-0.15, -0.1) is 0 Å². The number of anilines is 2. The monoisotopic (exact) mass is 297 g/mol. The lowest BCUT2D eigenvalue weighted by Gasteiger charge is -2.26. The third-order valence-corrected chi connectivity index (χ3v) is 4.12.